The maximum absolute atomic E-state index is 11.7. The molecule has 3 N–H and O–H groups in total. The Labute approximate surface area is 168 Å². The zero-order valence-electron chi connectivity index (χ0n) is 16.3. The minimum absolute atomic E-state index is 0.154. The minimum atomic E-state index is -1.22. The molecular formula is C22H21N5O2. The molecule has 0 bridgehead atoms. The SMILES string of the molecule is C=C1N(C)CC[C@@]1(O)C#Cc1cccc(-c2nc(C(N)=O)cn3cc(C)nc23)c1. The van der Waals surface area contributed by atoms with Crippen LogP contribution in [-0.4, -0.2) is 49.5 Å². The molecule has 0 spiro atoms. The third kappa shape index (κ3) is 3.35. The van der Waals surface area contributed by atoms with Crippen LogP contribution in [0.25, 0.3) is 16.9 Å². The van der Waals surface area contributed by atoms with Gasteiger partial charge in [-0.1, -0.05) is 30.6 Å². The maximum Gasteiger partial charge on any atom is 0.268 e. The molecule has 1 amide bonds. The number of carbonyl (C=O) groups is 1. The smallest absolute Gasteiger partial charge is 0.268 e. The first kappa shape index (κ1) is 18.7. The lowest BCUT2D eigenvalue weighted by molar-refractivity contribution is 0.0995. The normalized spacial score (nSPS) is 18.7. The van der Waals surface area contributed by atoms with E-state index in [0.29, 0.717) is 35.6 Å². The molecule has 1 aliphatic heterocycles. The summed E-state index contributed by atoms with van der Waals surface area (Å²) in [5.74, 6) is 5.39. The predicted molar refractivity (Wildman–Crippen MR) is 110 cm³/mol. The number of carbonyl (C=O) groups excluding carboxylic acids is 1. The van der Waals surface area contributed by atoms with Crippen molar-refractivity contribution < 1.29 is 9.90 Å². The molecule has 2 aromatic heterocycles. The number of amides is 1. The second kappa shape index (κ2) is 6.76. The summed E-state index contributed by atoms with van der Waals surface area (Å²) in [6.45, 7) is 6.52. The summed E-state index contributed by atoms with van der Waals surface area (Å²) in [4.78, 5) is 22.5. The fraction of sp³-hybridized carbons (Fsp3) is 0.227. The summed E-state index contributed by atoms with van der Waals surface area (Å²) in [7, 11) is 1.89. The fourth-order valence-electron chi connectivity index (χ4n) is 3.41. The van der Waals surface area contributed by atoms with E-state index in [1.165, 1.54) is 0 Å². The van der Waals surface area contributed by atoms with E-state index in [1.54, 1.807) is 10.6 Å². The monoisotopic (exact) mass is 387 g/mol. The first-order valence-corrected chi connectivity index (χ1v) is 9.19. The van der Waals surface area contributed by atoms with E-state index in [-0.39, 0.29) is 5.69 Å². The molecule has 146 valence electrons. The van der Waals surface area contributed by atoms with Gasteiger partial charge >= 0.3 is 0 Å². The highest BCUT2D eigenvalue weighted by Crippen LogP contribution is 2.29. The Kier molecular flexibility index (Phi) is 4.36. The standard InChI is InChI=1S/C22H21N5O2/c1-14-12-27-13-18(20(23)28)25-19(21(27)24-14)17-6-4-5-16(11-17)7-8-22(29)9-10-26(3)15(22)2/h4-6,11-13,29H,2,9-10H2,1,3H3,(H2,23,28)/t22-/m0/s1. The highest BCUT2D eigenvalue weighted by atomic mass is 16.3. The molecule has 29 heavy (non-hydrogen) atoms. The number of nitrogens with zero attached hydrogens (tertiary/aromatic N) is 4. The minimum Gasteiger partial charge on any atom is -0.375 e. The first-order chi connectivity index (χ1) is 13.8. The summed E-state index contributed by atoms with van der Waals surface area (Å²) < 4.78 is 1.75. The van der Waals surface area contributed by atoms with Crippen molar-refractivity contribution in [3.63, 3.8) is 0 Å². The largest absolute Gasteiger partial charge is 0.375 e. The lowest BCUT2D eigenvalue weighted by atomic mass is 10.00. The number of fused-ring (bicyclic) bond motifs is 1. The molecule has 0 unspecified atom stereocenters. The number of aryl methyl sites for hydroxylation is 1. The number of aromatic nitrogens is 3. The molecule has 0 aliphatic carbocycles. The van der Waals surface area contributed by atoms with Crippen LogP contribution in [0, 0.1) is 18.8 Å². The number of hydrogen-bond acceptors (Lipinski definition) is 5. The van der Waals surface area contributed by atoms with Gasteiger partial charge in [-0.2, -0.15) is 0 Å². The molecule has 1 atom stereocenters. The Bertz CT molecular complexity index is 1220. The van der Waals surface area contributed by atoms with Gasteiger partial charge in [0.1, 0.15) is 11.4 Å². The maximum atomic E-state index is 11.7. The Morgan fingerprint density at radius 1 is 1.34 bits per heavy atom. The number of benzene rings is 1. The highest BCUT2D eigenvalue weighted by Gasteiger charge is 2.36. The van der Waals surface area contributed by atoms with Gasteiger partial charge in [-0.25, -0.2) is 9.97 Å². The van der Waals surface area contributed by atoms with Crippen molar-refractivity contribution in [3.8, 4) is 23.1 Å². The van der Waals surface area contributed by atoms with Crippen LogP contribution in [0.15, 0.2) is 48.9 Å². The zero-order chi connectivity index (χ0) is 20.8. The van der Waals surface area contributed by atoms with Gasteiger partial charge < -0.3 is 20.1 Å². The van der Waals surface area contributed by atoms with Gasteiger partial charge in [-0.15, -0.1) is 0 Å². The van der Waals surface area contributed by atoms with Crippen LogP contribution in [0.4, 0.5) is 0 Å². The van der Waals surface area contributed by atoms with Gasteiger partial charge in [0, 0.05) is 43.5 Å². The molecular weight excluding hydrogens is 366 g/mol. The van der Waals surface area contributed by atoms with Crippen molar-refractivity contribution in [2.45, 2.75) is 18.9 Å². The third-order valence-corrected chi connectivity index (χ3v) is 5.11. The average Bonchev–Trinajstić information content (AvgIpc) is 3.20. The summed E-state index contributed by atoms with van der Waals surface area (Å²) in [5.41, 5.74) is 8.43. The summed E-state index contributed by atoms with van der Waals surface area (Å²) in [6.07, 6.45) is 3.90. The van der Waals surface area contributed by atoms with Gasteiger partial charge in [0.15, 0.2) is 11.2 Å². The van der Waals surface area contributed by atoms with Crippen molar-refractivity contribution in [2.75, 3.05) is 13.6 Å². The van der Waals surface area contributed by atoms with Gasteiger partial charge in [0.25, 0.3) is 5.91 Å². The second-order valence-electron chi connectivity index (χ2n) is 7.26. The summed E-state index contributed by atoms with van der Waals surface area (Å²) >= 11 is 0. The van der Waals surface area contributed by atoms with Crippen molar-refractivity contribution in [3.05, 3.63) is 65.9 Å². The lowest BCUT2D eigenvalue weighted by Gasteiger charge is -2.19. The van der Waals surface area contributed by atoms with E-state index in [0.717, 1.165) is 11.3 Å². The van der Waals surface area contributed by atoms with Gasteiger partial charge in [0.2, 0.25) is 0 Å². The molecule has 0 saturated carbocycles. The molecule has 1 fully saturated rings. The molecule has 0 radical (unpaired) electrons. The van der Waals surface area contributed by atoms with E-state index in [9.17, 15) is 9.90 Å². The molecule has 3 aromatic rings. The van der Waals surface area contributed by atoms with Crippen LogP contribution in [0.2, 0.25) is 0 Å². The Morgan fingerprint density at radius 2 is 2.14 bits per heavy atom. The van der Waals surface area contributed by atoms with Crippen molar-refractivity contribution in [1.29, 1.82) is 0 Å². The number of likely N-dealkylation sites (tertiary alicyclic amines) is 1. The van der Waals surface area contributed by atoms with E-state index in [4.69, 9.17) is 5.73 Å². The van der Waals surface area contributed by atoms with Crippen LogP contribution >= 0.6 is 0 Å². The number of likely N-dealkylation sites (N-methyl/N-ethyl adjacent to an activating group) is 1. The van der Waals surface area contributed by atoms with Crippen molar-refractivity contribution in [1.82, 2.24) is 19.3 Å². The van der Waals surface area contributed by atoms with E-state index < -0.39 is 11.5 Å². The predicted octanol–water partition coefficient (Wildman–Crippen LogP) is 1.74. The number of imidazole rings is 1. The molecule has 3 heterocycles. The highest BCUT2D eigenvalue weighted by molar-refractivity contribution is 5.92. The van der Waals surface area contributed by atoms with E-state index in [1.807, 2.05) is 49.3 Å². The molecule has 1 aromatic carbocycles. The van der Waals surface area contributed by atoms with Crippen LogP contribution < -0.4 is 5.73 Å². The molecule has 1 aliphatic rings. The topological polar surface area (TPSA) is 96.7 Å². The van der Waals surface area contributed by atoms with Crippen LogP contribution in [0.1, 0.15) is 28.2 Å². The summed E-state index contributed by atoms with van der Waals surface area (Å²) in [6, 6.07) is 7.44. The van der Waals surface area contributed by atoms with Crippen LogP contribution in [0.3, 0.4) is 0 Å². The zero-order valence-corrected chi connectivity index (χ0v) is 16.3. The third-order valence-electron chi connectivity index (χ3n) is 5.11. The van der Waals surface area contributed by atoms with E-state index >= 15 is 0 Å². The lowest BCUT2D eigenvalue weighted by Crippen LogP contribution is -2.26. The van der Waals surface area contributed by atoms with Gasteiger partial charge in [-0.3, -0.25) is 4.79 Å². The van der Waals surface area contributed by atoms with E-state index in [2.05, 4.69) is 28.4 Å². The van der Waals surface area contributed by atoms with Gasteiger partial charge in [-0.05, 0) is 19.1 Å². The number of nitrogens with two attached hydrogens (primary N) is 1. The van der Waals surface area contributed by atoms with Crippen molar-refractivity contribution >= 4 is 11.6 Å². The Morgan fingerprint density at radius 3 is 2.83 bits per heavy atom. The number of rotatable bonds is 2. The molecule has 7 nitrogen and oxygen atoms in total. The molecule has 1 saturated heterocycles. The summed E-state index contributed by atoms with van der Waals surface area (Å²) in [5, 5.41) is 10.7. The second-order valence-corrected chi connectivity index (χ2v) is 7.26. The number of aliphatic hydroxyl groups is 1. The average molecular weight is 387 g/mol. The Balaban J connectivity index is 1.78. The van der Waals surface area contributed by atoms with Crippen LogP contribution in [-0.2, 0) is 0 Å². The number of hydrogen-bond donors (Lipinski definition) is 2. The van der Waals surface area contributed by atoms with Crippen molar-refractivity contribution in [2.24, 2.45) is 5.73 Å². The number of primary amides is 1. The Hall–Kier alpha value is -3.63. The quantitative estimate of drug-likeness (QED) is 0.653. The van der Waals surface area contributed by atoms with Gasteiger partial charge in [0.05, 0.1) is 11.4 Å². The molecule has 4 rings (SSSR count). The first-order valence-electron chi connectivity index (χ1n) is 9.19. The fourth-order valence-corrected chi connectivity index (χ4v) is 3.41. The molecule has 7 heteroatoms. The van der Waals surface area contributed by atoms with Crippen LogP contribution in [0.5, 0.6) is 0 Å².